The molecule has 7 nitrogen and oxygen atoms in total. The van der Waals surface area contributed by atoms with Crippen molar-refractivity contribution in [1.82, 2.24) is 9.88 Å². The van der Waals surface area contributed by atoms with Gasteiger partial charge in [0.2, 0.25) is 17.7 Å². The first-order chi connectivity index (χ1) is 14.0. The van der Waals surface area contributed by atoms with Crippen LogP contribution in [0.3, 0.4) is 0 Å². The largest absolute Gasteiger partial charge is 0.436 e. The molecule has 146 valence electrons. The molecule has 0 spiro atoms. The number of imide groups is 1. The van der Waals surface area contributed by atoms with Crippen LogP contribution in [0.1, 0.15) is 26.2 Å². The Morgan fingerprint density at radius 3 is 2.48 bits per heavy atom. The van der Waals surface area contributed by atoms with Crippen molar-refractivity contribution in [2.24, 2.45) is 0 Å². The maximum atomic E-state index is 12.9. The number of oxazole rings is 1. The monoisotopic (exact) mass is 389 g/mol. The van der Waals surface area contributed by atoms with Crippen LogP contribution in [0.4, 0.5) is 5.69 Å². The lowest BCUT2D eigenvalue weighted by Crippen LogP contribution is -2.45. The van der Waals surface area contributed by atoms with Gasteiger partial charge in [0, 0.05) is 18.5 Å². The Balaban J connectivity index is 1.41. The van der Waals surface area contributed by atoms with Crippen molar-refractivity contribution < 1.29 is 18.8 Å². The second-order valence-corrected chi connectivity index (χ2v) is 7.48. The Labute approximate surface area is 166 Å². The van der Waals surface area contributed by atoms with Crippen LogP contribution >= 0.6 is 0 Å². The number of anilines is 1. The van der Waals surface area contributed by atoms with Crippen LogP contribution in [0.25, 0.3) is 22.6 Å². The average molecular weight is 389 g/mol. The minimum absolute atomic E-state index is 0.0296. The third-order valence-electron chi connectivity index (χ3n) is 5.43. The van der Waals surface area contributed by atoms with Gasteiger partial charge in [-0.25, -0.2) is 9.88 Å². The Hall–Kier alpha value is -3.48. The number of carbonyl (C=O) groups excluding carboxylic acids is 3. The molecule has 2 heterocycles. The van der Waals surface area contributed by atoms with Crippen LogP contribution in [-0.4, -0.2) is 39.7 Å². The van der Waals surface area contributed by atoms with E-state index >= 15 is 0 Å². The lowest BCUT2D eigenvalue weighted by atomic mass is 10.2. The smallest absolute Gasteiger partial charge is 0.257 e. The topological polar surface area (TPSA) is 83.7 Å². The molecule has 1 aliphatic heterocycles. The van der Waals surface area contributed by atoms with Gasteiger partial charge in [0.05, 0.1) is 12.1 Å². The summed E-state index contributed by atoms with van der Waals surface area (Å²) >= 11 is 0. The maximum absolute atomic E-state index is 12.9. The zero-order valence-corrected chi connectivity index (χ0v) is 15.9. The number of carbonyl (C=O) groups is 3. The number of hydrogen-bond donors (Lipinski definition) is 0. The molecule has 0 radical (unpaired) electrons. The Kier molecular flexibility index (Phi) is 3.97. The molecule has 7 heteroatoms. The zero-order valence-electron chi connectivity index (χ0n) is 15.9. The maximum Gasteiger partial charge on any atom is 0.257 e. The molecule has 29 heavy (non-hydrogen) atoms. The fourth-order valence-corrected chi connectivity index (χ4v) is 3.94. The third kappa shape index (κ3) is 2.99. The number of para-hydroxylation sites is 2. The van der Waals surface area contributed by atoms with Crippen LogP contribution in [0, 0.1) is 0 Å². The molecule has 1 atom stereocenters. The number of aromatic nitrogens is 1. The summed E-state index contributed by atoms with van der Waals surface area (Å²) in [5.41, 5.74) is 2.71. The number of rotatable bonds is 4. The highest BCUT2D eigenvalue weighted by Crippen LogP contribution is 2.34. The van der Waals surface area contributed by atoms with Crippen molar-refractivity contribution in [3.05, 3.63) is 48.5 Å². The van der Waals surface area contributed by atoms with E-state index in [4.69, 9.17) is 4.42 Å². The Bertz CT molecular complexity index is 1100. The number of nitrogens with zero attached hydrogens (tertiary/aromatic N) is 3. The van der Waals surface area contributed by atoms with E-state index in [1.165, 1.54) is 11.8 Å². The minimum Gasteiger partial charge on any atom is -0.436 e. The normalized spacial score (nSPS) is 19.2. The van der Waals surface area contributed by atoms with E-state index in [1.54, 1.807) is 29.2 Å². The first-order valence-corrected chi connectivity index (χ1v) is 9.64. The number of amides is 3. The highest BCUT2D eigenvalue weighted by Gasteiger charge is 2.47. The molecule has 2 aliphatic rings. The predicted molar refractivity (Wildman–Crippen MR) is 106 cm³/mol. The van der Waals surface area contributed by atoms with Crippen LogP contribution in [0.15, 0.2) is 52.9 Å². The van der Waals surface area contributed by atoms with Gasteiger partial charge in [-0.1, -0.05) is 12.1 Å². The molecule has 1 aliphatic carbocycles. The quantitative estimate of drug-likeness (QED) is 0.640. The molecule has 0 bridgehead atoms. The summed E-state index contributed by atoms with van der Waals surface area (Å²) in [5.74, 6) is -0.314. The first-order valence-electron chi connectivity index (χ1n) is 9.64. The summed E-state index contributed by atoms with van der Waals surface area (Å²) in [6.45, 7) is 1.45. The molecular weight excluding hydrogens is 370 g/mol. The molecule has 1 unspecified atom stereocenters. The molecule has 1 saturated heterocycles. The fourth-order valence-electron chi connectivity index (χ4n) is 3.94. The minimum atomic E-state index is -0.704. The molecule has 1 saturated carbocycles. The average Bonchev–Trinajstić information content (AvgIpc) is 3.36. The molecule has 2 aromatic carbocycles. The van der Waals surface area contributed by atoms with E-state index in [2.05, 4.69) is 4.98 Å². The first kappa shape index (κ1) is 17.6. The van der Waals surface area contributed by atoms with Crippen LogP contribution < -0.4 is 4.90 Å². The van der Waals surface area contributed by atoms with Gasteiger partial charge in [0.15, 0.2) is 5.58 Å². The summed E-state index contributed by atoms with van der Waals surface area (Å²) < 4.78 is 5.77. The highest BCUT2D eigenvalue weighted by atomic mass is 16.3. The molecule has 5 rings (SSSR count). The summed E-state index contributed by atoms with van der Waals surface area (Å²) in [7, 11) is 0. The lowest BCUT2D eigenvalue weighted by Gasteiger charge is -2.26. The van der Waals surface area contributed by atoms with Gasteiger partial charge in [0.25, 0.3) is 5.91 Å². The SMILES string of the molecule is CC(=O)N(C1CC1)C1CC(=O)N(c2ccc(-c3nc4ccccc4o3)cc2)C1=O. The van der Waals surface area contributed by atoms with E-state index in [0.29, 0.717) is 17.2 Å². The Morgan fingerprint density at radius 2 is 1.83 bits per heavy atom. The van der Waals surface area contributed by atoms with Crippen molar-refractivity contribution >= 4 is 34.5 Å². The van der Waals surface area contributed by atoms with Gasteiger partial charge in [0.1, 0.15) is 11.6 Å². The van der Waals surface area contributed by atoms with Gasteiger partial charge >= 0.3 is 0 Å². The van der Waals surface area contributed by atoms with Crippen LogP contribution in [0.2, 0.25) is 0 Å². The second-order valence-electron chi connectivity index (χ2n) is 7.48. The molecule has 3 amide bonds. The zero-order chi connectivity index (χ0) is 20.1. The van der Waals surface area contributed by atoms with Crippen molar-refractivity contribution in [2.45, 2.75) is 38.3 Å². The van der Waals surface area contributed by atoms with Crippen molar-refractivity contribution in [2.75, 3.05) is 4.90 Å². The molecule has 0 N–H and O–H groups in total. The second kappa shape index (κ2) is 6.55. The fraction of sp³-hybridized carbons (Fsp3) is 0.273. The number of fused-ring (bicyclic) bond motifs is 1. The van der Waals surface area contributed by atoms with Gasteiger partial charge in [-0.05, 0) is 49.2 Å². The van der Waals surface area contributed by atoms with Crippen molar-refractivity contribution in [1.29, 1.82) is 0 Å². The van der Waals surface area contributed by atoms with Crippen molar-refractivity contribution in [3.63, 3.8) is 0 Å². The van der Waals surface area contributed by atoms with Gasteiger partial charge in [-0.2, -0.15) is 0 Å². The lowest BCUT2D eigenvalue weighted by molar-refractivity contribution is -0.137. The van der Waals surface area contributed by atoms with Crippen LogP contribution in [-0.2, 0) is 14.4 Å². The summed E-state index contributed by atoms with van der Waals surface area (Å²) in [6.07, 6.45) is 1.80. The van der Waals surface area contributed by atoms with Gasteiger partial charge in [-0.15, -0.1) is 0 Å². The van der Waals surface area contributed by atoms with E-state index in [1.807, 2.05) is 24.3 Å². The van der Waals surface area contributed by atoms with E-state index in [9.17, 15) is 14.4 Å². The number of hydrogen-bond acceptors (Lipinski definition) is 5. The van der Waals surface area contributed by atoms with E-state index in [0.717, 1.165) is 23.9 Å². The van der Waals surface area contributed by atoms with Crippen LogP contribution in [0.5, 0.6) is 0 Å². The predicted octanol–water partition coefficient (Wildman–Crippen LogP) is 3.14. The molecule has 2 fully saturated rings. The third-order valence-corrected chi connectivity index (χ3v) is 5.43. The molecule has 3 aromatic rings. The van der Waals surface area contributed by atoms with E-state index in [-0.39, 0.29) is 30.2 Å². The van der Waals surface area contributed by atoms with Crippen molar-refractivity contribution in [3.8, 4) is 11.5 Å². The molecule has 1 aromatic heterocycles. The summed E-state index contributed by atoms with van der Waals surface area (Å²) in [4.78, 5) is 44.7. The Morgan fingerprint density at radius 1 is 1.10 bits per heavy atom. The van der Waals surface area contributed by atoms with Gasteiger partial charge < -0.3 is 9.32 Å². The summed E-state index contributed by atoms with van der Waals surface area (Å²) in [5, 5.41) is 0. The molecular formula is C22H19N3O4. The standard InChI is InChI=1S/C22H19N3O4/c1-13(26)24(15-10-11-15)18-12-20(27)25(22(18)28)16-8-6-14(7-9-16)21-23-17-4-2-3-5-19(17)29-21/h2-9,15,18H,10-12H2,1H3. The highest BCUT2D eigenvalue weighted by molar-refractivity contribution is 6.23. The van der Waals surface area contributed by atoms with E-state index < -0.39 is 6.04 Å². The summed E-state index contributed by atoms with van der Waals surface area (Å²) in [6, 6.07) is 13.8. The van der Waals surface area contributed by atoms with Gasteiger partial charge in [-0.3, -0.25) is 14.4 Å². The number of benzene rings is 2.